The average Bonchev–Trinajstić information content (AvgIpc) is 2.66. The van der Waals surface area contributed by atoms with E-state index in [0.717, 1.165) is 37.1 Å². The second-order valence-electron chi connectivity index (χ2n) is 5.98. The number of alkyl halides is 6. The van der Waals surface area contributed by atoms with Crippen molar-refractivity contribution in [2.45, 2.75) is 32.1 Å². The zero-order valence-electron chi connectivity index (χ0n) is 15.9. The molecule has 30 heavy (non-hydrogen) atoms. The number of rotatable bonds is 5. The summed E-state index contributed by atoms with van der Waals surface area (Å²) in [5, 5.41) is 0.304. The van der Waals surface area contributed by atoms with Gasteiger partial charge in [0.2, 0.25) is 0 Å². The standard InChI is InChI=1S/C14H15F3O2.C7H4ClF3/c1-2-3-10-19-13(18)9-6-11-4-7-12(8-5-11)14(15,16)17;8-6-3-1-5(2-4-6)7(9,10)11/h4-9H,2-3,10H2,1H3;1-4H. The van der Waals surface area contributed by atoms with Gasteiger partial charge < -0.3 is 4.74 Å². The van der Waals surface area contributed by atoms with Crippen molar-refractivity contribution in [1.29, 1.82) is 0 Å². The van der Waals surface area contributed by atoms with E-state index in [1.165, 1.54) is 36.4 Å². The van der Waals surface area contributed by atoms with Crippen LogP contribution in [-0.2, 0) is 21.9 Å². The fourth-order valence-corrected chi connectivity index (χ4v) is 2.08. The highest BCUT2D eigenvalue weighted by Crippen LogP contribution is 2.30. The van der Waals surface area contributed by atoms with Gasteiger partial charge in [0.25, 0.3) is 0 Å². The number of unbranched alkanes of at least 4 members (excludes halogenated alkanes) is 1. The second-order valence-corrected chi connectivity index (χ2v) is 6.42. The van der Waals surface area contributed by atoms with Gasteiger partial charge in [0.1, 0.15) is 0 Å². The van der Waals surface area contributed by atoms with Crippen molar-refractivity contribution in [3.05, 3.63) is 76.3 Å². The molecular formula is C21H19ClF6O2. The minimum Gasteiger partial charge on any atom is -0.463 e. The summed E-state index contributed by atoms with van der Waals surface area (Å²) in [5.74, 6) is -0.492. The van der Waals surface area contributed by atoms with E-state index in [1.807, 2.05) is 6.92 Å². The lowest BCUT2D eigenvalue weighted by Gasteiger charge is -2.05. The predicted octanol–water partition coefficient (Wildman–Crippen LogP) is 7.42. The Morgan fingerprint density at radius 2 is 1.37 bits per heavy atom. The van der Waals surface area contributed by atoms with Crippen LogP contribution >= 0.6 is 11.6 Å². The molecule has 0 amide bonds. The molecule has 0 N–H and O–H groups in total. The first kappa shape index (κ1) is 25.6. The third-order valence-corrected chi connectivity index (χ3v) is 3.82. The smallest absolute Gasteiger partial charge is 0.416 e. The SMILES string of the molecule is CCCCOC(=O)C=Cc1ccc(C(F)(F)F)cc1.FC(F)(F)c1ccc(Cl)cc1. The first-order valence-corrected chi connectivity index (χ1v) is 9.16. The van der Waals surface area contributed by atoms with E-state index >= 15 is 0 Å². The summed E-state index contributed by atoms with van der Waals surface area (Å²) in [6, 6.07) is 8.88. The molecule has 0 spiro atoms. The molecule has 2 rings (SSSR count). The topological polar surface area (TPSA) is 26.3 Å². The van der Waals surface area contributed by atoms with Crippen LogP contribution in [0.25, 0.3) is 6.08 Å². The van der Waals surface area contributed by atoms with Crippen LogP contribution in [-0.4, -0.2) is 12.6 Å². The Balaban J connectivity index is 0.000000346. The summed E-state index contributed by atoms with van der Waals surface area (Å²) in [7, 11) is 0. The van der Waals surface area contributed by atoms with Crippen molar-refractivity contribution < 1.29 is 35.9 Å². The largest absolute Gasteiger partial charge is 0.463 e. The Bertz CT molecular complexity index is 809. The van der Waals surface area contributed by atoms with Gasteiger partial charge in [0, 0.05) is 11.1 Å². The highest BCUT2D eigenvalue weighted by Gasteiger charge is 2.30. The van der Waals surface area contributed by atoms with Gasteiger partial charge in [0.15, 0.2) is 0 Å². The quantitative estimate of drug-likeness (QED) is 0.204. The molecule has 0 atom stereocenters. The van der Waals surface area contributed by atoms with Crippen molar-refractivity contribution in [3.63, 3.8) is 0 Å². The average molecular weight is 453 g/mol. The van der Waals surface area contributed by atoms with Crippen LogP contribution in [0.1, 0.15) is 36.5 Å². The lowest BCUT2D eigenvalue weighted by molar-refractivity contribution is -0.138. The van der Waals surface area contributed by atoms with Crippen molar-refractivity contribution in [1.82, 2.24) is 0 Å². The van der Waals surface area contributed by atoms with Crippen molar-refractivity contribution >= 4 is 23.6 Å². The zero-order valence-corrected chi connectivity index (χ0v) is 16.6. The number of hydrogen-bond donors (Lipinski definition) is 0. The molecule has 0 aliphatic rings. The third kappa shape index (κ3) is 9.82. The predicted molar refractivity (Wildman–Crippen MR) is 103 cm³/mol. The van der Waals surface area contributed by atoms with Gasteiger partial charge in [-0.05, 0) is 54.5 Å². The number of esters is 1. The van der Waals surface area contributed by atoms with Crippen LogP contribution in [0, 0.1) is 0 Å². The summed E-state index contributed by atoms with van der Waals surface area (Å²) in [5.41, 5.74) is -0.877. The van der Waals surface area contributed by atoms with E-state index in [9.17, 15) is 31.1 Å². The van der Waals surface area contributed by atoms with E-state index in [0.29, 0.717) is 17.2 Å². The molecule has 0 aliphatic heterocycles. The molecule has 2 nitrogen and oxygen atoms in total. The first-order chi connectivity index (χ1) is 13.9. The Morgan fingerprint density at radius 1 is 0.900 bits per heavy atom. The van der Waals surface area contributed by atoms with Gasteiger partial charge in [0.05, 0.1) is 17.7 Å². The number of carbonyl (C=O) groups is 1. The summed E-state index contributed by atoms with van der Waals surface area (Å²) < 4.78 is 77.4. The molecule has 164 valence electrons. The highest BCUT2D eigenvalue weighted by atomic mass is 35.5. The molecule has 0 fully saturated rings. The van der Waals surface area contributed by atoms with Crippen LogP contribution in [0.15, 0.2) is 54.6 Å². The maximum Gasteiger partial charge on any atom is 0.416 e. The molecule has 0 radical (unpaired) electrons. The van der Waals surface area contributed by atoms with Gasteiger partial charge in [-0.25, -0.2) is 4.79 Å². The highest BCUT2D eigenvalue weighted by molar-refractivity contribution is 6.30. The summed E-state index contributed by atoms with van der Waals surface area (Å²) in [6.45, 7) is 2.33. The molecule has 0 saturated carbocycles. The molecule has 0 unspecified atom stereocenters. The second kappa shape index (κ2) is 11.6. The summed E-state index contributed by atoms with van der Waals surface area (Å²) in [6.07, 6.45) is -4.27. The van der Waals surface area contributed by atoms with E-state index in [1.54, 1.807) is 0 Å². The van der Waals surface area contributed by atoms with Gasteiger partial charge in [-0.2, -0.15) is 26.3 Å². The molecule has 2 aromatic carbocycles. The third-order valence-electron chi connectivity index (χ3n) is 3.56. The molecule has 9 heteroatoms. The van der Waals surface area contributed by atoms with Crippen LogP contribution < -0.4 is 0 Å². The maximum atomic E-state index is 12.3. The van der Waals surface area contributed by atoms with Crippen LogP contribution in [0.3, 0.4) is 0 Å². The Labute approximate surface area is 175 Å². The lowest BCUT2D eigenvalue weighted by Crippen LogP contribution is -2.04. The number of carbonyl (C=O) groups excluding carboxylic acids is 1. The monoisotopic (exact) mass is 452 g/mol. The fourth-order valence-electron chi connectivity index (χ4n) is 1.95. The minimum absolute atomic E-state index is 0.304. The normalized spacial score (nSPS) is 11.7. The van der Waals surface area contributed by atoms with E-state index in [4.69, 9.17) is 16.3 Å². The lowest BCUT2D eigenvalue weighted by atomic mass is 10.1. The molecule has 0 aliphatic carbocycles. The van der Waals surface area contributed by atoms with Crippen molar-refractivity contribution in [2.24, 2.45) is 0 Å². The van der Waals surface area contributed by atoms with E-state index < -0.39 is 29.4 Å². The Kier molecular flexibility index (Phi) is 9.92. The van der Waals surface area contributed by atoms with Crippen LogP contribution in [0.2, 0.25) is 5.02 Å². The van der Waals surface area contributed by atoms with Gasteiger partial charge in [-0.1, -0.05) is 37.1 Å². The summed E-state index contributed by atoms with van der Waals surface area (Å²) >= 11 is 5.39. The van der Waals surface area contributed by atoms with Gasteiger partial charge >= 0.3 is 18.3 Å². The molecule has 0 aromatic heterocycles. The Hall–Kier alpha value is -2.48. The summed E-state index contributed by atoms with van der Waals surface area (Å²) in [4.78, 5) is 11.2. The van der Waals surface area contributed by atoms with Gasteiger partial charge in [-0.15, -0.1) is 0 Å². The molecule has 0 bridgehead atoms. The molecule has 0 heterocycles. The number of ether oxygens (including phenoxy) is 1. The number of halogens is 7. The molecule has 2 aromatic rings. The zero-order chi connectivity index (χ0) is 22.8. The van der Waals surface area contributed by atoms with E-state index in [-0.39, 0.29) is 0 Å². The van der Waals surface area contributed by atoms with Gasteiger partial charge in [-0.3, -0.25) is 0 Å². The number of hydrogen-bond acceptors (Lipinski definition) is 2. The van der Waals surface area contributed by atoms with E-state index in [2.05, 4.69) is 0 Å². The van der Waals surface area contributed by atoms with Crippen LogP contribution in [0.5, 0.6) is 0 Å². The molecular weight excluding hydrogens is 434 g/mol. The van der Waals surface area contributed by atoms with Crippen molar-refractivity contribution in [2.75, 3.05) is 6.61 Å². The molecule has 0 saturated heterocycles. The van der Waals surface area contributed by atoms with Crippen LogP contribution in [0.4, 0.5) is 26.3 Å². The van der Waals surface area contributed by atoms with Crippen molar-refractivity contribution in [3.8, 4) is 0 Å². The first-order valence-electron chi connectivity index (χ1n) is 8.78. The Morgan fingerprint density at radius 3 is 1.80 bits per heavy atom. The number of benzene rings is 2. The minimum atomic E-state index is -4.35. The maximum absolute atomic E-state index is 12.3. The fraction of sp³-hybridized carbons (Fsp3) is 0.286.